The van der Waals surface area contributed by atoms with E-state index in [1.54, 1.807) is 0 Å². The van der Waals surface area contributed by atoms with Crippen LogP contribution in [0.3, 0.4) is 0 Å². The van der Waals surface area contributed by atoms with Crippen LogP contribution in [0.4, 0.5) is 0 Å². The summed E-state index contributed by atoms with van der Waals surface area (Å²) in [5, 5.41) is 13.2. The molecule has 1 aliphatic rings. The zero-order chi connectivity index (χ0) is 14.4. The van der Waals surface area contributed by atoms with Gasteiger partial charge in [0.15, 0.2) is 0 Å². The summed E-state index contributed by atoms with van der Waals surface area (Å²) in [6.07, 6.45) is 3.88. The topological polar surface area (TPSA) is 52.6 Å². The van der Waals surface area contributed by atoms with Gasteiger partial charge in [0, 0.05) is 13.1 Å². The van der Waals surface area contributed by atoms with E-state index in [1.165, 1.54) is 0 Å². The number of aliphatic hydroxyl groups is 1. The standard InChI is InChI=1S/C16H24N2O2/c1-18(13-16(20)9-5-6-10-16)12-15(19)17-11-14-7-3-2-4-8-14/h2-4,7-8,20H,5-6,9-13H2,1H3,(H,17,19). The van der Waals surface area contributed by atoms with Gasteiger partial charge in [-0.25, -0.2) is 0 Å². The predicted molar refractivity (Wildman–Crippen MR) is 79.2 cm³/mol. The first-order valence-electron chi connectivity index (χ1n) is 7.29. The van der Waals surface area contributed by atoms with Gasteiger partial charge in [-0.2, -0.15) is 0 Å². The molecule has 1 saturated carbocycles. The highest BCUT2D eigenvalue weighted by atomic mass is 16.3. The molecule has 0 saturated heterocycles. The Hall–Kier alpha value is -1.39. The van der Waals surface area contributed by atoms with Gasteiger partial charge in [-0.15, -0.1) is 0 Å². The second-order valence-electron chi connectivity index (χ2n) is 5.87. The van der Waals surface area contributed by atoms with Crippen LogP contribution >= 0.6 is 0 Å². The Labute approximate surface area is 120 Å². The summed E-state index contributed by atoms with van der Waals surface area (Å²) in [4.78, 5) is 13.8. The van der Waals surface area contributed by atoms with Crippen LogP contribution in [0.5, 0.6) is 0 Å². The molecule has 0 aliphatic heterocycles. The first-order chi connectivity index (χ1) is 9.57. The number of amides is 1. The number of carbonyl (C=O) groups is 1. The van der Waals surface area contributed by atoms with Gasteiger partial charge in [0.25, 0.3) is 0 Å². The smallest absolute Gasteiger partial charge is 0.234 e. The molecule has 0 unspecified atom stereocenters. The van der Waals surface area contributed by atoms with Gasteiger partial charge < -0.3 is 10.4 Å². The Kier molecular flexibility index (Phi) is 5.15. The van der Waals surface area contributed by atoms with E-state index >= 15 is 0 Å². The minimum Gasteiger partial charge on any atom is -0.389 e. The van der Waals surface area contributed by atoms with Gasteiger partial charge >= 0.3 is 0 Å². The second kappa shape index (κ2) is 6.86. The van der Waals surface area contributed by atoms with E-state index in [4.69, 9.17) is 0 Å². The van der Waals surface area contributed by atoms with E-state index in [9.17, 15) is 9.90 Å². The summed E-state index contributed by atoms with van der Waals surface area (Å²) in [6.45, 7) is 1.46. The van der Waals surface area contributed by atoms with Crippen LogP contribution in [-0.2, 0) is 11.3 Å². The van der Waals surface area contributed by atoms with Crippen molar-refractivity contribution < 1.29 is 9.90 Å². The van der Waals surface area contributed by atoms with Gasteiger partial charge in [-0.3, -0.25) is 9.69 Å². The van der Waals surface area contributed by atoms with Crippen LogP contribution in [0.15, 0.2) is 30.3 Å². The summed E-state index contributed by atoms with van der Waals surface area (Å²) in [5.41, 5.74) is 0.506. The third kappa shape index (κ3) is 4.62. The molecule has 0 heterocycles. The normalized spacial score (nSPS) is 17.4. The van der Waals surface area contributed by atoms with Crippen LogP contribution in [0.1, 0.15) is 31.2 Å². The van der Waals surface area contributed by atoms with Gasteiger partial charge in [0.05, 0.1) is 12.1 Å². The molecule has 1 amide bonds. The van der Waals surface area contributed by atoms with E-state index in [0.717, 1.165) is 31.2 Å². The fraction of sp³-hybridized carbons (Fsp3) is 0.562. The van der Waals surface area contributed by atoms with Gasteiger partial charge in [-0.05, 0) is 25.5 Å². The highest BCUT2D eigenvalue weighted by Gasteiger charge is 2.32. The Morgan fingerprint density at radius 1 is 1.30 bits per heavy atom. The van der Waals surface area contributed by atoms with Crippen molar-refractivity contribution >= 4 is 5.91 Å². The number of hydrogen-bond acceptors (Lipinski definition) is 3. The number of carbonyl (C=O) groups excluding carboxylic acids is 1. The molecule has 110 valence electrons. The molecule has 20 heavy (non-hydrogen) atoms. The van der Waals surface area contributed by atoms with E-state index in [-0.39, 0.29) is 5.91 Å². The average molecular weight is 276 g/mol. The molecule has 0 radical (unpaired) electrons. The summed E-state index contributed by atoms with van der Waals surface area (Å²) in [7, 11) is 1.89. The monoisotopic (exact) mass is 276 g/mol. The van der Waals surface area contributed by atoms with E-state index in [0.29, 0.717) is 19.6 Å². The molecule has 0 bridgehead atoms. The van der Waals surface area contributed by atoms with E-state index < -0.39 is 5.60 Å². The third-order valence-electron chi connectivity index (χ3n) is 3.84. The molecule has 2 N–H and O–H groups in total. The molecule has 4 nitrogen and oxygen atoms in total. The van der Waals surface area contributed by atoms with Crippen molar-refractivity contribution in [2.45, 2.75) is 37.8 Å². The molecule has 0 atom stereocenters. The van der Waals surface area contributed by atoms with Crippen molar-refractivity contribution in [2.75, 3.05) is 20.1 Å². The number of nitrogens with one attached hydrogen (secondary N) is 1. The van der Waals surface area contributed by atoms with Crippen molar-refractivity contribution in [1.29, 1.82) is 0 Å². The maximum absolute atomic E-state index is 11.9. The Balaban J connectivity index is 1.71. The molecule has 1 fully saturated rings. The number of benzene rings is 1. The first kappa shape index (κ1) is 15.0. The molecule has 1 aliphatic carbocycles. The van der Waals surface area contributed by atoms with Gasteiger partial charge in [-0.1, -0.05) is 43.2 Å². The lowest BCUT2D eigenvalue weighted by Gasteiger charge is -2.28. The van der Waals surface area contributed by atoms with Crippen LogP contribution in [-0.4, -0.2) is 41.7 Å². The Morgan fingerprint density at radius 2 is 1.95 bits per heavy atom. The minimum atomic E-state index is -0.589. The Morgan fingerprint density at radius 3 is 2.60 bits per heavy atom. The lowest BCUT2D eigenvalue weighted by Crippen LogP contribution is -2.43. The maximum Gasteiger partial charge on any atom is 0.234 e. The summed E-state index contributed by atoms with van der Waals surface area (Å²) in [6, 6.07) is 9.87. The van der Waals surface area contributed by atoms with Crippen molar-refractivity contribution in [1.82, 2.24) is 10.2 Å². The largest absolute Gasteiger partial charge is 0.389 e. The number of nitrogens with zero attached hydrogens (tertiary/aromatic N) is 1. The molecule has 1 aromatic rings. The average Bonchev–Trinajstić information content (AvgIpc) is 2.83. The summed E-state index contributed by atoms with van der Waals surface area (Å²) in [5.74, 6) is -0.00190. The van der Waals surface area contributed by atoms with Crippen LogP contribution in [0.25, 0.3) is 0 Å². The highest BCUT2D eigenvalue weighted by Crippen LogP contribution is 2.29. The molecule has 2 rings (SSSR count). The van der Waals surface area contributed by atoms with Gasteiger partial charge in [0.1, 0.15) is 0 Å². The predicted octanol–water partition coefficient (Wildman–Crippen LogP) is 1.54. The lowest BCUT2D eigenvalue weighted by molar-refractivity contribution is -0.122. The minimum absolute atomic E-state index is 0.00190. The third-order valence-corrected chi connectivity index (χ3v) is 3.84. The first-order valence-corrected chi connectivity index (χ1v) is 7.29. The van der Waals surface area contributed by atoms with Crippen molar-refractivity contribution in [3.63, 3.8) is 0 Å². The van der Waals surface area contributed by atoms with Gasteiger partial charge in [0.2, 0.25) is 5.91 Å². The molecule has 1 aromatic carbocycles. The van der Waals surface area contributed by atoms with Crippen molar-refractivity contribution in [3.05, 3.63) is 35.9 Å². The molecular weight excluding hydrogens is 252 g/mol. The van der Waals surface area contributed by atoms with E-state index in [1.807, 2.05) is 42.3 Å². The number of rotatable bonds is 6. The summed E-state index contributed by atoms with van der Waals surface area (Å²) < 4.78 is 0. The molecule has 0 aromatic heterocycles. The molecule has 0 spiro atoms. The molecule has 4 heteroatoms. The van der Waals surface area contributed by atoms with Crippen LogP contribution in [0, 0.1) is 0 Å². The maximum atomic E-state index is 11.9. The molecular formula is C16H24N2O2. The number of hydrogen-bond donors (Lipinski definition) is 2. The van der Waals surface area contributed by atoms with E-state index in [2.05, 4.69) is 5.32 Å². The fourth-order valence-electron chi connectivity index (χ4n) is 2.85. The Bertz CT molecular complexity index is 427. The SMILES string of the molecule is CN(CC(=O)NCc1ccccc1)CC1(O)CCCC1. The van der Waals surface area contributed by atoms with Crippen molar-refractivity contribution in [3.8, 4) is 0 Å². The number of likely N-dealkylation sites (N-methyl/N-ethyl adjacent to an activating group) is 1. The quantitative estimate of drug-likeness (QED) is 0.828. The zero-order valence-corrected chi connectivity index (χ0v) is 12.1. The summed E-state index contributed by atoms with van der Waals surface area (Å²) >= 11 is 0. The van der Waals surface area contributed by atoms with Crippen molar-refractivity contribution in [2.24, 2.45) is 0 Å². The van der Waals surface area contributed by atoms with Crippen LogP contribution < -0.4 is 5.32 Å². The fourth-order valence-corrected chi connectivity index (χ4v) is 2.85. The van der Waals surface area contributed by atoms with Crippen LogP contribution in [0.2, 0.25) is 0 Å². The zero-order valence-electron chi connectivity index (χ0n) is 12.1. The lowest BCUT2D eigenvalue weighted by atomic mass is 10.0. The highest BCUT2D eigenvalue weighted by molar-refractivity contribution is 5.77. The second-order valence-corrected chi connectivity index (χ2v) is 5.87.